The van der Waals surface area contributed by atoms with Crippen LogP contribution in [0.2, 0.25) is 0 Å². The zero-order valence-corrected chi connectivity index (χ0v) is 9.98. The Bertz CT molecular complexity index is 178. The first-order valence-corrected chi connectivity index (χ1v) is 3.92. The molecule has 0 fully saturated rings. The van der Waals surface area contributed by atoms with E-state index in [1.807, 2.05) is 6.92 Å². The summed E-state index contributed by atoms with van der Waals surface area (Å²) in [6.07, 6.45) is 5.78. The summed E-state index contributed by atoms with van der Waals surface area (Å²) in [7, 11) is 0. The van der Waals surface area contributed by atoms with E-state index in [2.05, 4.69) is 23.4 Å². The predicted molar refractivity (Wildman–Crippen MR) is 53.7 cm³/mol. The molecule has 1 aliphatic rings. The number of halogens is 1. The first-order chi connectivity index (χ1) is 4.83. The Balaban J connectivity index is 0. The number of unbranched alkanes of at least 4 members (excludes halogenated alkanes) is 1. The lowest BCUT2D eigenvalue weighted by Gasteiger charge is -1.90. The van der Waals surface area contributed by atoms with E-state index in [1.165, 1.54) is 18.5 Å². The molecule has 0 amide bonds. The molecule has 2 nitrogen and oxygen atoms in total. The molecular formula is C8H18ClN2P. The third-order valence-corrected chi connectivity index (χ3v) is 1.62. The van der Waals surface area contributed by atoms with Crippen molar-refractivity contribution < 1.29 is 17.7 Å². The molecule has 0 saturated carbocycles. The van der Waals surface area contributed by atoms with Crippen molar-refractivity contribution >= 4 is 15.7 Å². The van der Waals surface area contributed by atoms with Crippen molar-refractivity contribution in [1.82, 2.24) is 0 Å². The monoisotopic (exact) mass is 208 g/mol. The van der Waals surface area contributed by atoms with Crippen LogP contribution in [0.4, 0.5) is 0 Å². The molecule has 0 aliphatic carbocycles. The molecule has 0 aromatic carbocycles. The van der Waals surface area contributed by atoms with Crippen molar-refractivity contribution in [3.05, 3.63) is 11.9 Å². The van der Waals surface area contributed by atoms with Crippen LogP contribution in [0.15, 0.2) is 16.9 Å². The van der Waals surface area contributed by atoms with Gasteiger partial charge in [0.25, 0.3) is 0 Å². The number of aliphatic imine (C=N–C) groups is 1. The van der Waals surface area contributed by atoms with Gasteiger partial charge >= 0.3 is 0 Å². The smallest absolute Gasteiger partial charge is 0.201 e. The topological polar surface area (TPSA) is 29.0 Å². The third-order valence-electron chi connectivity index (χ3n) is 1.62. The molecule has 12 heavy (non-hydrogen) atoms. The normalized spacial score (nSPS) is 14.2. The maximum Gasteiger partial charge on any atom is 0.201 e. The van der Waals surface area contributed by atoms with Gasteiger partial charge in [-0.2, -0.15) is 14.9 Å². The third kappa shape index (κ3) is 4.87. The molecule has 2 N–H and O–H groups in total. The molecule has 1 aliphatic heterocycles. The number of amidine groups is 1. The number of nitrogens with two attached hydrogens (primary N) is 1. The summed E-state index contributed by atoms with van der Waals surface area (Å²) in [5.41, 5.74) is 1.25. The molecule has 1 unspecified atom stereocenters. The molecule has 0 aromatic heterocycles. The number of hydrogen-bond donors (Lipinski definition) is 1. The van der Waals surface area contributed by atoms with Crippen LogP contribution < -0.4 is 17.7 Å². The maximum absolute atomic E-state index is 4.35. The largest absolute Gasteiger partial charge is 1.00 e. The minimum atomic E-state index is 0. The van der Waals surface area contributed by atoms with Crippen molar-refractivity contribution in [2.24, 2.45) is 4.99 Å². The summed E-state index contributed by atoms with van der Waals surface area (Å²) in [6, 6.07) is 0. The first-order valence-electron chi connectivity index (χ1n) is 3.92. The van der Waals surface area contributed by atoms with Gasteiger partial charge in [-0.1, -0.05) is 13.3 Å². The van der Waals surface area contributed by atoms with Gasteiger partial charge in [-0.15, -0.1) is 0 Å². The van der Waals surface area contributed by atoms with Crippen LogP contribution in [-0.4, -0.2) is 5.84 Å². The molecule has 4 heteroatoms. The lowest BCUT2D eigenvalue weighted by atomic mass is 10.2. The Kier molecular flexibility index (Phi) is 9.40. The highest BCUT2D eigenvalue weighted by molar-refractivity contribution is 6.92. The second kappa shape index (κ2) is 7.72. The Morgan fingerprint density at radius 3 is 2.58 bits per heavy atom. The quantitative estimate of drug-likeness (QED) is 0.524. The van der Waals surface area contributed by atoms with E-state index in [4.69, 9.17) is 0 Å². The highest BCUT2D eigenvalue weighted by atomic mass is 35.5. The number of nitrogens with zero attached hydrogens (tertiary/aromatic N) is 1. The SMILES string of the molecule is CCCCC1=C[NH2+]C(C)=N1.P.[Cl-]. The highest BCUT2D eigenvalue weighted by Crippen LogP contribution is 2.08. The summed E-state index contributed by atoms with van der Waals surface area (Å²) in [4.78, 5) is 4.35. The van der Waals surface area contributed by atoms with Crippen molar-refractivity contribution in [2.45, 2.75) is 33.1 Å². The molecule has 1 heterocycles. The Morgan fingerprint density at radius 2 is 2.17 bits per heavy atom. The Labute approximate surface area is 83.9 Å². The van der Waals surface area contributed by atoms with Crippen LogP contribution in [0.5, 0.6) is 0 Å². The van der Waals surface area contributed by atoms with Gasteiger partial charge in [0, 0.05) is 6.92 Å². The van der Waals surface area contributed by atoms with E-state index in [-0.39, 0.29) is 22.3 Å². The van der Waals surface area contributed by atoms with Crippen LogP contribution in [0.25, 0.3) is 0 Å². The van der Waals surface area contributed by atoms with Crippen LogP contribution in [0.1, 0.15) is 33.1 Å². The predicted octanol–water partition coefficient (Wildman–Crippen LogP) is -1.92. The summed E-state index contributed by atoms with van der Waals surface area (Å²) in [6.45, 7) is 4.24. The number of hydrogen-bond acceptors (Lipinski definition) is 1. The van der Waals surface area contributed by atoms with Crippen molar-refractivity contribution in [2.75, 3.05) is 0 Å². The second-order valence-corrected chi connectivity index (χ2v) is 2.68. The van der Waals surface area contributed by atoms with Crippen LogP contribution in [0.3, 0.4) is 0 Å². The van der Waals surface area contributed by atoms with Gasteiger partial charge in [0.2, 0.25) is 5.84 Å². The van der Waals surface area contributed by atoms with Crippen LogP contribution in [-0.2, 0) is 0 Å². The zero-order valence-electron chi connectivity index (χ0n) is 7.81. The van der Waals surface area contributed by atoms with Gasteiger partial charge < -0.3 is 12.4 Å². The van der Waals surface area contributed by atoms with Crippen LogP contribution >= 0.6 is 9.90 Å². The summed E-state index contributed by atoms with van der Waals surface area (Å²) < 4.78 is 0. The Hall–Kier alpha value is 0.0900. The van der Waals surface area contributed by atoms with E-state index in [0.717, 1.165) is 12.3 Å². The zero-order chi connectivity index (χ0) is 7.40. The van der Waals surface area contributed by atoms with E-state index >= 15 is 0 Å². The van der Waals surface area contributed by atoms with Crippen molar-refractivity contribution in [1.29, 1.82) is 0 Å². The van der Waals surface area contributed by atoms with Gasteiger partial charge in [0.1, 0.15) is 6.20 Å². The molecule has 0 bridgehead atoms. The van der Waals surface area contributed by atoms with Crippen molar-refractivity contribution in [3.8, 4) is 0 Å². The van der Waals surface area contributed by atoms with E-state index in [1.54, 1.807) is 0 Å². The molecule has 0 radical (unpaired) electrons. The van der Waals surface area contributed by atoms with Gasteiger partial charge in [-0.05, 0) is 12.8 Å². The minimum Gasteiger partial charge on any atom is -1.00 e. The minimum absolute atomic E-state index is 0. The molecule has 0 saturated heterocycles. The number of rotatable bonds is 3. The summed E-state index contributed by atoms with van der Waals surface area (Å²) >= 11 is 0. The number of allylic oxidation sites excluding steroid dienone is 1. The van der Waals surface area contributed by atoms with E-state index in [9.17, 15) is 0 Å². The molecule has 0 aromatic rings. The van der Waals surface area contributed by atoms with Crippen LogP contribution in [0, 0.1) is 0 Å². The molecule has 1 atom stereocenters. The number of quaternary nitrogens is 1. The Morgan fingerprint density at radius 1 is 1.50 bits per heavy atom. The van der Waals surface area contributed by atoms with Crippen molar-refractivity contribution in [3.63, 3.8) is 0 Å². The molecule has 1 rings (SSSR count). The lowest BCUT2D eigenvalue weighted by molar-refractivity contribution is -0.459. The molecule has 72 valence electrons. The first kappa shape index (κ1) is 14.6. The standard InChI is InChI=1S/C8H14N2.ClH.H3P/c1-3-4-5-8-6-9-7(2)10-8;;/h6H,3-5H2,1-2H3,(H,9,10);1H;1H3. The lowest BCUT2D eigenvalue weighted by Crippen LogP contribution is -3.00. The average molecular weight is 209 g/mol. The molecular weight excluding hydrogens is 191 g/mol. The van der Waals surface area contributed by atoms with E-state index in [0.29, 0.717) is 0 Å². The van der Waals surface area contributed by atoms with Gasteiger partial charge in [0.05, 0.1) is 5.70 Å². The fourth-order valence-corrected chi connectivity index (χ4v) is 1.01. The summed E-state index contributed by atoms with van der Waals surface area (Å²) in [5.74, 6) is 1.14. The summed E-state index contributed by atoms with van der Waals surface area (Å²) in [5, 5.41) is 2.07. The second-order valence-electron chi connectivity index (χ2n) is 2.68. The highest BCUT2D eigenvalue weighted by Gasteiger charge is 2.06. The average Bonchev–Trinajstić information content (AvgIpc) is 2.31. The van der Waals surface area contributed by atoms with E-state index < -0.39 is 0 Å². The van der Waals surface area contributed by atoms with Gasteiger partial charge in [0.15, 0.2) is 0 Å². The van der Waals surface area contributed by atoms with Gasteiger partial charge in [-0.3, -0.25) is 5.32 Å². The molecule has 0 spiro atoms. The maximum atomic E-state index is 4.35. The van der Waals surface area contributed by atoms with Gasteiger partial charge in [-0.25, -0.2) is 0 Å². The fourth-order valence-electron chi connectivity index (χ4n) is 1.01. The fraction of sp³-hybridized carbons (Fsp3) is 0.625.